The minimum absolute atomic E-state index is 0.180. The van der Waals surface area contributed by atoms with Crippen molar-refractivity contribution in [2.45, 2.75) is 63.8 Å². The molecule has 0 aromatic heterocycles. The highest BCUT2D eigenvalue weighted by Crippen LogP contribution is 2.36. The largest absolute Gasteiger partial charge is 0.431 e. The molecule has 5 unspecified atom stereocenters. The number of rotatable bonds is 10. The normalized spacial score (nSPS) is 26.1. The standard InChI is InChI=1S/C23H32O5/c1-2-3-5-11-18(24)13-14-20-19(21(25)16-22(20)26)12-8-15-28-23(27)17-9-6-4-7-10-17/h4,6-10,13-15,18-22,24-26H,2-3,5,11-12,16H2,1H3/b14-13+,15-8?. The van der Waals surface area contributed by atoms with Crippen LogP contribution in [-0.4, -0.2) is 39.6 Å². The van der Waals surface area contributed by atoms with Gasteiger partial charge in [-0.15, -0.1) is 0 Å². The quantitative estimate of drug-likeness (QED) is 0.247. The summed E-state index contributed by atoms with van der Waals surface area (Å²) in [5, 5.41) is 30.6. The molecule has 5 nitrogen and oxygen atoms in total. The molecule has 5 heteroatoms. The second kappa shape index (κ2) is 11.8. The Morgan fingerprint density at radius 1 is 1.21 bits per heavy atom. The SMILES string of the molecule is CCCCCC(O)/C=C/C1C(O)CC(O)C1CC=COC(=O)c1ccccc1. The molecule has 0 bridgehead atoms. The molecule has 1 aliphatic rings. The van der Waals surface area contributed by atoms with Gasteiger partial charge >= 0.3 is 5.97 Å². The fourth-order valence-electron chi connectivity index (χ4n) is 3.63. The highest BCUT2D eigenvalue weighted by molar-refractivity contribution is 5.89. The van der Waals surface area contributed by atoms with E-state index in [2.05, 4.69) is 6.92 Å². The van der Waals surface area contributed by atoms with Crippen LogP contribution >= 0.6 is 0 Å². The molecule has 1 aromatic rings. The van der Waals surface area contributed by atoms with Crippen LogP contribution in [0.5, 0.6) is 0 Å². The first-order chi connectivity index (χ1) is 13.5. The summed E-state index contributed by atoms with van der Waals surface area (Å²) in [5.41, 5.74) is 0.473. The van der Waals surface area contributed by atoms with E-state index in [0.29, 0.717) is 24.8 Å². The van der Waals surface area contributed by atoms with Gasteiger partial charge in [0.05, 0.1) is 30.1 Å². The van der Waals surface area contributed by atoms with Gasteiger partial charge in [-0.05, 0) is 37.0 Å². The van der Waals surface area contributed by atoms with E-state index in [-0.39, 0.29) is 11.8 Å². The lowest BCUT2D eigenvalue weighted by Gasteiger charge is -2.19. The summed E-state index contributed by atoms with van der Waals surface area (Å²) in [5.74, 6) is -0.846. The predicted molar refractivity (Wildman–Crippen MR) is 109 cm³/mol. The maximum Gasteiger partial charge on any atom is 0.342 e. The highest BCUT2D eigenvalue weighted by atomic mass is 16.5. The zero-order valence-electron chi connectivity index (χ0n) is 16.5. The van der Waals surface area contributed by atoms with E-state index in [9.17, 15) is 20.1 Å². The molecule has 0 heterocycles. The lowest BCUT2D eigenvalue weighted by molar-refractivity contribution is 0.0661. The third kappa shape index (κ3) is 6.89. The molecule has 1 saturated carbocycles. The molecule has 0 radical (unpaired) electrons. The average molecular weight is 389 g/mol. The third-order valence-corrected chi connectivity index (χ3v) is 5.26. The number of ether oxygens (including phenoxy) is 1. The van der Waals surface area contributed by atoms with Crippen molar-refractivity contribution >= 4 is 5.97 Å². The molecule has 3 N–H and O–H groups in total. The number of aliphatic hydroxyl groups is 3. The maximum absolute atomic E-state index is 11.9. The second-order valence-corrected chi connectivity index (χ2v) is 7.44. The minimum Gasteiger partial charge on any atom is -0.431 e. The summed E-state index contributed by atoms with van der Waals surface area (Å²) in [6, 6.07) is 8.72. The van der Waals surface area contributed by atoms with E-state index >= 15 is 0 Å². The zero-order valence-corrected chi connectivity index (χ0v) is 16.5. The van der Waals surface area contributed by atoms with Crippen LogP contribution in [0.25, 0.3) is 0 Å². The Bertz CT molecular complexity index is 640. The van der Waals surface area contributed by atoms with Crippen LogP contribution in [0, 0.1) is 11.8 Å². The van der Waals surface area contributed by atoms with Crippen LogP contribution in [-0.2, 0) is 4.74 Å². The summed E-state index contributed by atoms with van der Waals surface area (Å²) >= 11 is 0. The first-order valence-electron chi connectivity index (χ1n) is 10.2. The average Bonchev–Trinajstić information content (AvgIpc) is 2.96. The molecule has 1 aromatic carbocycles. The molecule has 154 valence electrons. The van der Waals surface area contributed by atoms with Gasteiger partial charge in [0.25, 0.3) is 0 Å². The second-order valence-electron chi connectivity index (χ2n) is 7.44. The van der Waals surface area contributed by atoms with Crippen molar-refractivity contribution in [2.24, 2.45) is 11.8 Å². The number of benzene rings is 1. The van der Waals surface area contributed by atoms with Crippen molar-refractivity contribution in [1.29, 1.82) is 0 Å². The van der Waals surface area contributed by atoms with Gasteiger partial charge < -0.3 is 20.1 Å². The summed E-state index contributed by atoms with van der Waals surface area (Å²) in [6.07, 6.45) is 9.45. The molecule has 28 heavy (non-hydrogen) atoms. The smallest absolute Gasteiger partial charge is 0.342 e. The van der Waals surface area contributed by atoms with E-state index < -0.39 is 24.3 Å². The number of allylic oxidation sites excluding steroid dienone is 1. The maximum atomic E-state index is 11.9. The molecular formula is C23H32O5. The topological polar surface area (TPSA) is 87.0 Å². The summed E-state index contributed by atoms with van der Waals surface area (Å²) in [6.45, 7) is 2.12. The van der Waals surface area contributed by atoms with Gasteiger partial charge in [-0.25, -0.2) is 4.79 Å². The summed E-state index contributed by atoms with van der Waals surface area (Å²) < 4.78 is 5.12. The Labute approximate surface area is 167 Å². The lowest BCUT2D eigenvalue weighted by Crippen LogP contribution is -2.20. The molecule has 0 amide bonds. The van der Waals surface area contributed by atoms with Crippen LogP contribution in [0.15, 0.2) is 54.8 Å². The monoisotopic (exact) mass is 388 g/mol. The number of esters is 1. The van der Waals surface area contributed by atoms with Gasteiger partial charge in [0, 0.05) is 12.3 Å². The Kier molecular flexibility index (Phi) is 9.41. The number of carbonyl (C=O) groups excluding carboxylic acids is 1. The highest BCUT2D eigenvalue weighted by Gasteiger charge is 2.39. The van der Waals surface area contributed by atoms with Gasteiger partial charge in [0.2, 0.25) is 0 Å². The molecule has 0 spiro atoms. The van der Waals surface area contributed by atoms with Crippen molar-refractivity contribution in [2.75, 3.05) is 0 Å². The molecule has 0 saturated heterocycles. The van der Waals surface area contributed by atoms with Crippen molar-refractivity contribution in [3.63, 3.8) is 0 Å². The van der Waals surface area contributed by atoms with Crippen molar-refractivity contribution in [1.82, 2.24) is 0 Å². The molecule has 0 aliphatic heterocycles. The Morgan fingerprint density at radius 2 is 1.96 bits per heavy atom. The van der Waals surface area contributed by atoms with Gasteiger partial charge in [-0.2, -0.15) is 0 Å². The van der Waals surface area contributed by atoms with Crippen molar-refractivity contribution in [3.8, 4) is 0 Å². The van der Waals surface area contributed by atoms with E-state index in [1.165, 1.54) is 6.26 Å². The van der Waals surface area contributed by atoms with Crippen molar-refractivity contribution < 1.29 is 24.9 Å². The van der Waals surface area contributed by atoms with Gasteiger partial charge in [-0.3, -0.25) is 0 Å². The van der Waals surface area contributed by atoms with Gasteiger partial charge in [0.15, 0.2) is 0 Å². The zero-order chi connectivity index (χ0) is 20.4. The van der Waals surface area contributed by atoms with Crippen LogP contribution < -0.4 is 0 Å². The van der Waals surface area contributed by atoms with E-state index in [0.717, 1.165) is 19.3 Å². The number of carbonyl (C=O) groups is 1. The Morgan fingerprint density at radius 3 is 2.68 bits per heavy atom. The molecule has 5 atom stereocenters. The van der Waals surface area contributed by atoms with E-state index in [1.54, 1.807) is 36.4 Å². The van der Waals surface area contributed by atoms with E-state index in [1.807, 2.05) is 12.1 Å². The fourth-order valence-corrected chi connectivity index (χ4v) is 3.63. The van der Waals surface area contributed by atoms with Gasteiger partial charge in [-0.1, -0.05) is 56.5 Å². The fraction of sp³-hybridized carbons (Fsp3) is 0.522. The summed E-state index contributed by atoms with van der Waals surface area (Å²) in [7, 11) is 0. The number of hydrogen-bond donors (Lipinski definition) is 3. The molecular weight excluding hydrogens is 356 g/mol. The molecule has 2 rings (SSSR count). The first kappa shape index (κ1) is 22.3. The van der Waals surface area contributed by atoms with Crippen LogP contribution in [0.3, 0.4) is 0 Å². The minimum atomic E-state index is -0.639. The first-order valence-corrected chi connectivity index (χ1v) is 10.2. The predicted octanol–water partition coefficient (Wildman–Crippen LogP) is 3.60. The number of unbranched alkanes of at least 4 members (excludes halogenated alkanes) is 2. The number of aliphatic hydroxyl groups excluding tert-OH is 3. The molecule has 1 aliphatic carbocycles. The Hall–Kier alpha value is -1.95. The van der Waals surface area contributed by atoms with Crippen LogP contribution in [0.1, 0.15) is 55.8 Å². The van der Waals surface area contributed by atoms with Crippen LogP contribution in [0.2, 0.25) is 0 Å². The van der Waals surface area contributed by atoms with Gasteiger partial charge in [0.1, 0.15) is 0 Å². The Balaban J connectivity index is 1.86. The summed E-state index contributed by atoms with van der Waals surface area (Å²) in [4.78, 5) is 11.9. The van der Waals surface area contributed by atoms with Crippen LogP contribution in [0.4, 0.5) is 0 Å². The number of hydrogen-bond acceptors (Lipinski definition) is 5. The van der Waals surface area contributed by atoms with E-state index in [4.69, 9.17) is 4.74 Å². The lowest BCUT2D eigenvalue weighted by atomic mass is 9.90. The van der Waals surface area contributed by atoms with Crippen molar-refractivity contribution in [3.05, 3.63) is 60.4 Å². The molecule has 1 fully saturated rings. The third-order valence-electron chi connectivity index (χ3n) is 5.26.